The molecule has 0 aliphatic rings. The van der Waals surface area contributed by atoms with Crippen molar-refractivity contribution in [2.75, 3.05) is 11.9 Å². The van der Waals surface area contributed by atoms with Gasteiger partial charge in [0.1, 0.15) is 0 Å². The van der Waals surface area contributed by atoms with Crippen LogP contribution >= 0.6 is 34.8 Å². The van der Waals surface area contributed by atoms with Crippen LogP contribution in [0.1, 0.15) is 5.56 Å². The third-order valence-electron chi connectivity index (χ3n) is 4.01. The Kier molecular flexibility index (Phi) is 10.3. The predicted octanol–water partition coefficient (Wildman–Crippen LogP) is 4.70. The van der Waals surface area contributed by atoms with Crippen LogP contribution in [0, 0.1) is 0 Å². The van der Waals surface area contributed by atoms with Crippen LogP contribution in [0.15, 0.2) is 61.2 Å². The van der Waals surface area contributed by atoms with Crippen LogP contribution < -0.4 is 5.32 Å². The second-order valence-corrected chi connectivity index (χ2v) is 7.71. The fraction of sp³-hybridized carbons (Fsp3) is 0.190. The van der Waals surface area contributed by atoms with E-state index in [0.29, 0.717) is 34.8 Å². The standard InChI is InChI=1S/C19H18Cl3N3O.C2H2O4/c20-15-3-1-14(2-4-15)12-26-17(11-25-8-7-23-13-25)10-24-19-6-5-16(21)9-18(19)22;3-1(4)2(5)6/h1-9,13,17,24H,10-12H2;(H,3,4)(H,5,6). The molecular weight excluding hydrogens is 481 g/mol. The highest BCUT2D eigenvalue weighted by atomic mass is 35.5. The van der Waals surface area contributed by atoms with Gasteiger partial charge in [-0.25, -0.2) is 14.6 Å². The molecule has 0 saturated carbocycles. The number of aliphatic carboxylic acids is 2. The Morgan fingerprint density at radius 2 is 1.69 bits per heavy atom. The first-order chi connectivity index (χ1) is 15.2. The zero-order valence-electron chi connectivity index (χ0n) is 16.6. The van der Waals surface area contributed by atoms with Crippen molar-refractivity contribution in [3.05, 3.63) is 81.8 Å². The quantitative estimate of drug-likeness (QED) is 0.384. The maximum absolute atomic E-state index is 9.10. The summed E-state index contributed by atoms with van der Waals surface area (Å²) < 4.78 is 8.09. The molecular formula is C21H20Cl3N3O5. The van der Waals surface area contributed by atoms with Gasteiger partial charge in [0.05, 0.1) is 36.3 Å². The number of carboxylic acids is 2. The number of nitrogens with one attached hydrogen (secondary N) is 1. The van der Waals surface area contributed by atoms with Gasteiger partial charge in [0.25, 0.3) is 0 Å². The predicted molar refractivity (Wildman–Crippen MR) is 122 cm³/mol. The van der Waals surface area contributed by atoms with Crippen molar-refractivity contribution >= 4 is 52.4 Å². The summed E-state index contributed by atoms with van der Waals surface area (Å²) in [6, 6.07) is 13.0. The zero-order valence-corrected chi connectivity index (χ0v) is 18.9. The summed E-state index contributed by atoms with van der Waals surface area (Å²) in [6.07, 6.45) is 5.35. The van der Waals surface area contributed by atoms with Crippen LogP contribution in [0.2, 0.25) is 15.1 Å². The maximum atomic E-state index is 9.10. The van der Waals surface area contributed by atoms with Crippen LogP contribution in [0.4, 0.5) is 5.69 Å². The Balaban J connectivity index is 0.000000534. The average Bonchev–Trinajstić information content (AvgIpc) is 3.25. The van der Waals surface area contributed by atoms with Crippen molar-refractivity contribution in [2.24, 2.45) is 0 Å². The van der Waals surface area contributed by atoms with Crippen molar-refractivity contribution in [3.8, 4) is 0 Å². The number of anilines is 1. The number of ether oxygens (including phenoxy) is 1. The minimum atomic E-state index is -1.82. The molecule has 170 valence electrons. The molecule has 1 unspecified atom stereocenters. The molecule has 8 nitrogen and oxygen atoms in total. The molecule has 11 heteroatoms. The van der Waals surface area contributed by atoms with Gasteiger partial charge in [0.2, 0.25) is 0 Å². The van der Waals surface area contributed by atoms with Gasteiger partial charge in [-0.15, -0.1) is 0 Å². The van der Waals surface area contributed by atoms with E-state index in [4.69, 9.17) is 59.3 Å². The number of halogens is 3. The van der Waals surface area contributed by atoms with E-state index >= 15 is 0 Å². The Hall–Kier alpha value is -2.78. The summed E-state index contributed by atoms with van der Waals surface area (Å²) >= 11 is 18.1. The SMILES string of the molecule is Clc1ccc(COC(CNc2ccc(Cl)cc2Cl)Cn2ccnc2)cc1.O=C(O)C(=O)O. The molecule has 1 aromatic heterocycles. The van der Waals surface area contributed by atoms with E-state index < -0.39 is 11.9 Å². The van der Waals surface area contributed by atoms with Crippen molar-refractivity contribution in [2.45, 2.75) is 19.3 Å². The normalized spacial score (nSPS) is 11.2. The van der Waals surface area contributed by atoms with Crippen molar-refractivity contribution < 1.29 is 24.5 Å². The van der Waals surface area contributed by atoms with E-state index in [1.807, 2.05) is 41.1 Å². The molecule has 0 bridgehead atoms. The van der Waals surface area contributed by atoms with Gasteiger partial charge in [-0.3, -0.25) is 0 Å². The Bertz CT molecular complexity index is 1000. The highest BCUT2D eigenvalue weighted by molar-refractivity contribution is 6.36. The molecule has 0 aliphatic heterocycles. The first-order valence-corrected chi connectivity index (χ1v) is 10.3. The number of aromatic nitrogens is 2. The summed E-state index contributed by atoms with van der Waals surface area (Å²) in [5.74, 6) is -3.65. The van der Waals surface area contributed by atoms with Gasteiger partial charge in [-0.2, -0.15) is 0 Å². The molecule has 0 radical (unpaired) electrons. The minimum absolute atomic E-state index is 0.0772. The average molecular weight is 501 g/mol. The lowest BCUT2D eigenvalue weighted by Crippen LogP contribution is -2.28. The fourth-order valence-electron chi connectivity index (χ4n) is 2.46. The molecule has 0 spiro atoms. The number of imidazole rings is 1. The van der Waals surface area contributed by atoms with Crippen molar-refractivity contribution in [1.29, 1.82) is 0 Å². The fourth-order valence-corrected chi connectivity index (χ4v) is 3.06. The summed E-state index contributed by atoms with van der Waals surface area (Å²) in [5, 5.41) is 20.0. The highest BCUT2D eigenvalue weighted by Gasteiger charge is 2.12. The number of carboxylic acid groups (broad SMARTS) is 2. The van der Waals surface area contributed by atoms with Crippen LogP contribution in [0.5, 0.6) is 0 Å². The molecule has 32 heavy (non-hydrogen) atoms. The summed E-state index contributed by atoms with van der Waals surface area (Å²) in [7, 11) is 0. The highest BCUT2D eigenvalue weighted by Crippen LogP contribution is 2.25. The van der Waals surface area contributed by atoms with Gasteiger partial charge >= 0.3 is 11.9 Å². The first-order valence-electron chi connectivity index (χ1n) is 9.21. The summed E-state index contributed by atoms with van der Waals surface area (Å²) in [5.41, 5.74) is 1.89. The smallest absolute Gasteiger partial charge is 0.414 e. The molecule has 1 heterocycles. The van der Waals surface area contributed by atoms with Crippen molar-refractivity contribution in [3.63, 3.8) is 0 Å². The van der Waals surface area contributed by atoms with Gasteiger partial charge in [-0.1, -0.05) is 46.9 Å². The van der Waals surface area contributed by atoms with Crippen molar-refractivity contribution in [1.82, 2.24) is 9.55 Å². The molecule has 0 saturated heterocycles. The van der Waals surface area contributed by atoms with Crippen LogP contribution in [0.3, 0.4) is 0 Å². The van der Waals surface area contributed by atoms with E-state index in [1.165, 1.54) is 0 Å². The lowest BCUT2D eigenvalue weighted by Gasteiger charge is -2.20. The number of carbonyl (C=O) groups is 2. The molecule has 1 atom stereocenters. The monoisotopic (exact) mass is 499 g/mol. The molecule has 3 rings (SSSR count). The summed E-state index contributed by atoms with van der Waals surface area (Å²) in [4.78, 5) is 22.3. The molecule has 3 N–H and O–H groups in total. The van der Waals surface area contributed by atoms with Crippen LogP contribution in [-0.4, -0.2) is 44.4 Å². The molecule has 0 aliphatic carbocycles. The van der Waals surface area contributed by atoms with Gasteiger partial charge in [0.15, 0.2) is 0 Å². The third-order valence-corrected chi connectivity index (χ3v) is 4.81. The molecule has 2 aromatic carbocycles. The van der Waals surface area contributed by atoms with E-state index in [2.05, 4.69) is 10.3 Å². The van der Waals surface area contributed by atoms with Crippen LogP contribution in [-0.2, 0) is 27.5 Å². The largest absolute Gasteiger partial charge is 0.473 e. The number of rotatable bonds is 8. The summed E-state index contributed by atoms with van der Waals surface area (Å²) in [6.45, 7) is 1.76. The molecule has 0 fully saturated rings. The van der Waals surface area contributed by atoms with Gasteiger partial charge in [-0.05, 0) is 35.9 Å². The van der Waals surface area contributed by atoms with E-state index in [-0.39, 0.29) is 6.10 Å². The second-order valence-electron chi connectivity index (χ2n) is 6.43. The molecule has 0 amide bonds. The maximum Gasteiger partial charge on any atom is 0.414 e. The number of hydrogen-bond donors (Lipinski definition) is 3. The van der Waals surface area contributed by atoms with E-state index in [1.54, 1.807) is 24.7 Å². The third kappa shape index (κ3) is 9.15. The second kappa shape index (κ2) is 12.9. The van der Waals surface area contributed by atoms with Gasteiger partial charge < -0.3 is 24.8 Å². The first kappa shape index (κ1) is 25.5. The lowest BCUT2D eigenvalue weighted by atomic mass is 10.2. The topological polar surface area (TPSA) is 114 Å². The van der Waals surface area contributed by atoms with E-state index in [9.17, 15) is 0 Å². The number of hydrogen-bond acceptors (Lipinski definition) is 5. The lowest BCUT2D eigenvalue weighted by molar-refractivity contribution is -0.159. The zero-order chi connectivity index (χ0) is 23.5. The van der Waals surface area contributed by atoms with Gasteiger partial charge in [0, 0.05) is 29.0 Å². The number of nitrogens with zero attached hydrogens (tertiary/aromatic N) is 2. The number of benzene rings is 2. The van der Waals surface area contributed by atoms with E-state index in [0.717, 1.165) is 11.3 Å². The van der Waals surface area contributed by atoms with Crippen LogP contribution in [0.25, 0.3) is 0 Å². The Labute approximate surface area is 199 Å². The Morgan fingerprint density at radius 3 is 2.25 bits per heavy atom. The molecule has 3 aromatic rings. The Morgan fingerprint density at radius 1 is 1.03 bits per heavy atom. The minimum Gasteiger partial charge on any atom is -0.473 e.